The van der Waals surface area contributed by atoms with Crippen LogP contribution < -0.4 is 4.90 Å². The molecule has 0 saturated heterocycles. The van der Waals surface area contributed by atoms with Gasteiger partial charge in [-0.3, -0.25) is 0 Å². The van der Waals surface area contributed by atoms with E-state index in [-0.39, 0.29) is 12.4 Å². The molecular weight excluding hydrogens is 193 g/mol. The third-order valence-electron chi connectivity index (χ3n) is 2.89. The van der Waals surface area contributed by atoms with Gasteiger partial charge in [-0.15, -0.1) is 0 Å². The first-order chi connectivity index (χ1) is 7.27. The van der Waals surface area contributed by atoms with Gasteiger partial charge < -0.3 is 10.0 Å². The molecule has 82 valence electrons. The number of hydrogen-bond donors (Lipinski definition) is 1. The van der Waals surface area contributed by atoms with Crippen molar-refractivity contribution in [1.29, 1.82) is 0 Å². The molecule has 0 heterocycles. The van der Waals surface area contributed by atoms with Crippen LogP contribution in [-0.4, -0.2) is 17.7 Å². The van der Waals surface area contributed by atoms with Crippen LogP contribution in [0.2, 0.25) is 0 Å². The van der Waals surface area contributed by atoms with Crippen LogP contribution in [-0.2, 0) is 6.61 Å². The van der Waals surface area contributed by atoms with Crippen molar-refractivity contribution in [1.82, 2.24) is 0 Å². The standard InChI is InChI=1S/C12H16FNO/c1-2-14(9-6-7-9)12-5-3-4-11(13)10(12)8-15/h3-5,9,15H,2,6-8H2,1H3. The van der Waals surface area contributed by atoms with E-state index in [4.69, 9.17) is 0 Å². The SMILES string of the molecule is CCN(c1cccc(F)c1CO)C1CC1. The number of aliphatic hydroxyl groups is 1. The minimum absolute atomic E-state index is 0.231. The van der Waals surface area contributed by atoms with Crippen LogP contribution in [0.15, 0.2) is 18.2 Å². The lowest BCUT2D eigenvalue weighted by molar-refractivity contribution is 0.276. The summed E-state index contributed by atoms with van der Waals surface area (Å²) in [6.45, 7) is 2.69. The summed E-state index contributed by atoms with van der Waals surface area (Å²) in [5.41, 5.74) is 1.27. The highest BCUT2D eigenvalue weighted by Gasteiger charge is 2.29. The van der Waals surface area contributed by atoms with E-state index in [9.17, 15) is 9.50 Å². The van der Waals surface area contributed by atoms with Gasteiger partial charge in [0, 0.05) is 23.8 Å². The Kier molecular flexibility index (Phi) is 2.91. The van der Waals surface area contributed by atoms with Crippen molar-refractivity contribution >= 4 is 5.69 Å². The van der Waals surface area contributed by atoms with Crippen molar-refractivity contribution in [2.75, 3.05) is 11.4 Å². The molecule has 2 rings (SSSR count). The fourth-order valence-electron chi connectivity index (χ4n) is 1.98. The Hall–Kier alpha value is -1.09. The fraction of sp³-hybridized carbons (Fsp3) is 0.500. The van der Waals surface area contributed by atoms with Crippen LogP contribution in [0.25, 0.3) is 0 Å². The molecule has 0 aliphatic heterocycles. The maximum atomic E-state index is 13.4. The Balaban J connectivity index is 2.36. The highest BCUT2D eigenvalue weighted by molar-refractivity contribution is 5.55. The summed E-state index contributed by atoms with van der Waals surface area (Å²) >= 11 is 0. The summed E-state index contributed by atoms with van der Waals surface area (Å²) in [4.78, 5) is 2.18. The number of hydrogen-bond acceptors (Lipinski definition) is 2. The van der Waals surface area contributed by atoms with Crippen LogP contribution in [0.4, 0.5) is 10.1 Å². The van der Waals surface area contributed by atoms with E-state index < -0.39 is 0 Å². The molecule has 1 aromatic rings. The van der Waals surface area contributed by atoms with Gasteiger partial charge in [0.1, 0.15) is 5.82 Å². The van der Waals surface area contributed by atoms with Gasteiger partial charge in [0.25, 0.3) is 0 Å². The molecule has 1 aliphatic rings. The summed E-state index contributed by atoms with van der Waals surface area (Å²) in [6, 6.07) is 5.53. The zero-order valence-corrected chi connectivity index (χ0v) is 8.91. The minimum atomic E-state index is -0.311. The summed E-state index contributed by atoms with van der Waals surface area (Å²) < 4.78 is 13.4. The van der Waals surface area contributed by atoms with Gasteiger partial charge in [-0.25, -0.2) is 4.39 Å². The van der Waals surface area contributed by atoms with Crippen molar-refractivity contribution < 1.29 is 9.50 Å². The molecule has 0 radical (unpaired) electrons. The average molecular weight is 209 g/mol. The molecule has 1 aliphatic carbocycles. The van der Waals surface area contributed by atoms with Crippen molar-refractivity contribution in [3.8, 4) is 0 Å². The Morgan fingerprint density at radius 2 is 2.20 bits per heavy atom. The highest BCUT2D eigenvalue weighted by atomic mass is 19.1. The second kappa shape index (κ2) is 4.19. The zero-order valence-electron chi connectivity index (χ0n) is 8.91. The topological polar surface area (TPSA) is 23.5 Å². The molecule has 0 unspecified atom stereocenters. The Morgan fingerprint density at radius 3 is 2.73 bits per heavy atom. The molecule has 1 saturated carbocycles. The number of aliphatic hydroxyl groups excluding tert-OH is 1. The molecular formula is C12H16FNO. The van der Waals surface area contributed by atoms with Crippen LogP contribution in [0.3, 0.4) is 0 Å². The van der Waals surface area contributed by atoms with E-state index in [0.717, 1.165) is 12.2 Å². The minimum Gasteiger partial charge on any atom is -0.391 e. The van der Waals surface area contributed by atoms with E-state index in [1.54, 1.807) is 6.07 Å². The smallest absolute Gasteiger partial charge is 0.130 e. The lowest BCUT2D eigenvalue weighted by Crippen LogP contribution is -2.26. The summed E-state index contributed by atoms with van der Waals surface area (Å²) in [5.74, 6) is -0.311. The molecule has 0 amide bonds. The predicted octanol–water partition coefficient (Wildman–Crippen LogP) is 2.31. The van der Waals surface area contributed by atoms with Crippen molar-refractivity contribution in [2.45, 2.75) is 32.4 Å². The second-order valence-electron chi connectivity index (χ2n) is 3.91. The van der Waals surface area contributed by atoms with Gasteiger partial charge in [-0.1, -0.05) is 6.07 Å². The Bertz CT molecular complexity index is 349. The highest BCUT2D eigenvalue weighted by Crippen LogP contribution is 2.34. The molecule has 0 atom stereocenters. The van der Waals surface area contributed by atoms with E-state index >= 15 is 0 Å². The molecule has 0 spiro atoms. The lowest BCUT2D eigenvalue weighted by atomic mass is 10.1. The summed E-state index contributed by atoms with van der Waals surface area (Å²) in [6.07, 6.45) is 2.35. The molecule has 0 bridgehead atoms. The van der Waals surface area contributed by atoms with Crippen molar-refractivity contribution in [2.24, 2.45) is 0 Å². The van der Waals surface area contributed by atoms with E-state index in [1.807, 2.05) is 6.07 Å². The summed E-state index contributed by atoms with van der Waals surface area (Å²) in [5, 5.41) is 9.18. The maximum absolute atomic E-state index is 13.4. The first kappa shape index (κ1) is 10.4. The number of benzene rings is 1. The largest absolute Gasteiger partial charge is 0.391 e. The first-order valence-corrected chi connectivity index (χ1v) is 5.42. The summed E-state index contributed by atoms with van der Waals surface area (Å²) in [7, 11) is 0. The van der Waals surface area contributed by atoms with E-state index in [0.29, 0.717) is 11.6 Å². The number of nitrogens with zero attached hydrogens (tertiary/aromatic N) is 1. The quantitative estimate of drug-likeness (QED) is 0.822. The van der Waals surface area contributed by atoms with Gasteiger partial charge in [0.15, 0.2) is 0 Å². The van der Waals surface area contributed by atoms with E-state index in [2.05, 4.69) is 11.8 Å². The third kappa shape index (κ3) is 1.97. The lowest BCUT2D eigenvalue weighted by Gasteiger charge is -2.25. The molecule has 0 aromatic heterocycles. The normalized spacial score (nSPS) is 15.4. The Morgan fingerprint density at radius 1 is 1.47 bits per heavy atom. The van der Waals surface area contributed by atoms with Crippen LogP contribution >= 0.6 is 0 Å². The van der Waals surface area contributed by atoms with Gasteiger partial charge >= 0.3 is 0 Å². The monoisotopic (exact) mass is 209 g/mol. The molecule has 2 nitrogen and oxygen atoms in total. The maximum Gasteiger partial charge on any atom is 0.130 e. The molecule has 1 N–H and O–H groups in total. The second-order valence-corrected chi connectivity index (χ2v) is 3.91. The third-order valence-corrected chi connectivity index (χ3v) is 2.89. The zero-order chi connectivity index (χ0) is 10.8. The van der Waals surface area contributed by atoms with Crippen molar-refractivity contribution in [3.63, 3.8) is 0 Å². The first-order valence-electron chi connectivity index (χ1n) is 5.42. The van der Waals surface area contributed by atoms with Crippen molar-refractivity contribution in [3.05, 3.63) is 29.6 Å². The fourth-order valence-corrected chi connectivity index (χ4v) is 1.98. The Labute approximate surface area is 89.3 Å². The molecule has 15 heavy (non-hydrogen) atoms. The molecule has 1 fully saturated rings. The molecule has 1 aromatic carbocycles. The number of halogens is 1. The number of rotatable bonds is 4. The van der Waals surface area contributed by atoms with Gasteiger partial charge in [0.05, 0.1) is 6.61 Å². The molecule has 3 heteroatoms. The number of anilines is 1. The van der Waals surface area contributed by atoms with Crippen LogP contribution in [0.1, 0.15) is 25.3 Å². The predicted molar refractivity (Wildman–Crippen MR) is 58.4 cm³/mol. The van der Waals surface area contributed by atoms with Gasteiger partial charge in [-0.2, -0.15) is 0 Å². The average Bonchev–Trinajstić information content (AvgIpc) is 3.04. The van der Waals surface area contributed by atoms with E-state index in [1.165, 1.54) is 18.9 Å². The van der Waals surface area contributed by atoms with Gasteiger partial charge in [-0.05, 0) is 31.9 Å². The van der Waals surface area contributed by atoms with Crippen LogP contribution in [0.5, 0.6) is 0 Å². The van der Waals surface area contributed by atoms with Crippen LogP contribution in [0, 0.1) is 5.82 Å². The van der Waals surface area contributed by atoms with Gasteiger partial charge in [0.2, 0.25) is 0 Å².